The number of thiazole rings is 1. The molecule has 4 nitrogen and oxygen atoms in total. The van der Waals surface area contributed by atoms with Gasteiger partial charge in [0.05, 0.1) is 16.0 Å². The molecular weight excluding hydrogens is 220 g/mol. The predicted octanol–water partition coefficient (Wildman–Crippen LogP) is 1.26. The van der Waals surface area contributed by atoms with Gasteiger partial charge in [-0.2, -0.15) is 0 Å². The number of nitrogens with two attached hydrogens (primary N) is 1. The number of rotatable bonds is 2. The zero-order valence-corrected chi connectivity index (χ0v) is 8.73. The minimum absolute atomic E-state index is 0.0285. The first-order chi connectivity index (χ1) is 6.65. The lowest BCUT2D eigenvalue weighted by Crippen LogP contribution is -1.91. The lowest BCUT2D eigenvalue weighted by atomic mass is 10.3. The highest BCUT2D eigenvalue weighted by Gasteiger charge is 2.03. The summed E-state index contributed by atoms with van der Waals surface area (Å²) in [6.45, 7) is 0. The normalized spacial score (nSPS) is 13.2. The SMILES string of the molecule is Nc1ccc2nc(CS(=O)[O-])sc2c1. The third-order valence-electron chi connectivity index (χ3n) is 1.70. The third kappa shape index (κ3) is 1.92. The van der Waals surface area contributed by atoms with Crippen molar-refractivity contribution in [2.45, 2.75) is 5.75 Å². The molecule has 1 atom stereocenters. The molecule has 6 heteroatoms. The number of hydrogen-bond donors (Lipinski definition) is 1. The van der Waals surface area contributed by atoms with E-state index in [0.29, 0.717) is 10.7 Å². The van der Waals surface area contributed by atoms with E-state index in [-0.39, 0.29) is 5.75 Å². The van der Waals surface area contributed by atoms with E-state index in [1.165, 1.54) is 11.3 Å². The molecule has 0 aliphatic carbocycles. The van der Waals surface area contributed by atoms with E-state index in [1.807, 2.05) is 0 Å². The average molecular weight is 227 g/mol. The summed E-state index contributed by atoms with van der Waals surface area (Å²) >= 11 is -0.726. The van der Waals surface area contributed by atoms with E-state index >= 15 is 0 Å². The molecule has 2 rings (SSSR count). The molecule has 2 N–H and O–H groups in total. The van der Waals surface area contributed by atoms with Gasteiger partial charge in [0.1, 0.15) is 5.01 Å². The second-order valence-electron chi connectivity index (χ2n) is 2.78. The van der Waals surface area contributed by atoms with Crippen LogP contribution >= 0.6 is 11.3 Å². The molecule has 0 fully saturated rings. The Kier molecular flexibility index (Phi) is 2.49. The molecule has 1 aromatic carbocycles. The van der Waals surface area contributed by atoms with E-state index < -0.39 is 11.1 Å². The highest BCUT2D eigenvalue weighted by atomic mass is 32.2. The molecule has 0 saturated heterocycles. The standard InChI is InChI=1S/C8H8N2O2S2/c9-5-1-2-6-7(3-5)13-8(10-6)4-14(11)12/h1-3H,4,9H2,(H,11,12)/p-1. The summed E-state index contributed by atoms with van der Waals surface area (Å²) in [6.07, 6.45) is 0. The Hall–Kier alpha value is -0.980. The fourth-order valence-electron chi connectivity index (χ4n) is 1.15. The first-order valence-corrected chi connectivity index (χ1v) is 5.92. The number of nitrogens with zero attached hydrogens (tertiary/aromatic N) is 1. The van der Waals surface area contributed by atoms with E-state index in [1.54, 1.807) is 18.2 Å². The van der Waals surface area contributed by atoms with E-state index in [2.05, 4.69) is 4.98 Å². The van der Waals surface area contributed by atoms with Crippen molar-refractivity contribution < 1.29 is 8.76 Å². The summed E-state index contributed by atoms with van der Waals surface area (Å²) in [7, 11) is 0. The predicted molar refractivity (Wildman–Crippen MR) is 56.7 cm³/mol. The Labute approximate surface area is 87.1 Å². The summed E-state index contributed by atoms with van der Waals surface area (Å²) in [5.41, 5.74) is 7.05. The van der Waals surface area contributed by atoms with Crippen LogP contribution in [0, 0.1) is 0 Å². The lowest BCUT2D eigenvalue weighted by Gasteiger charge is -1.98. The maximum Gasteiger partial charge on any atom is 0.105 e. The average Bonchev–Trinajstić information content (AvgIpc) is 2.44. The molecule has 1 heterocycles. The molecule has 1 unspecified atom stereocenters. The summed E-state index contributed by atoms with van der Waals surface area (Å²) in [5.74, 6) is -0.0285. The molecule has 0 saturated carbocycles. The molecule has 14 heavy (non-hydrogen) atoms. The van der Waals surface area contributed by atoms with Crippen molar-refractivity contribution in [1.82, 2.24) is 4.98 Å². The van der Waals surface area contributed by atoms with Crippen molar-refractivity contribution in [3.05, 3.63) is 23.2 Å². The van der Waals surface area contributed by atoms with Crippen LogP contribution in [-0.2, 0) is 16.8 Å². The van der Waals surface area contributed by atoms with Gasteiger partial charge in [-0.15, -0.1) is 11.3 Å². The first kappa shape index (κ1) is 9.57. The molecule has 0 radical (unpaired) electrons. The largest absolute Gasteiger partial charge is 0.772 e. The van der Waals surface area contributed by atoms with Gasteiger partial charge in [-0.3, -0.25) is 4.21 Å². The number of anilines is 1. The van der Waals surface area contributed by atoms with Crippen molar-refractivity contribution in [1.29, 1.82) is 0 Å². The van der Waals surface area contributed by atoms with Crippen LogP contribution in [0.4, 0.5) is 5.69 Å². The highest BCUT2D eigenvalue weighted by Crippen LogP contribution is 2.24. The minimum atomic E-state index is -2.08. The fraction of sp³-hybridized carbons (Fsp3) is 0.125. The van der Waals surface area contributed by atoms with E-state index in [4.69, 9.17) is 5.73 Å². The third-order valence-corrected chi connectivity index (χ3v) is 3.41. The Morgan fingerprint density at radius 1 is 1.57 bits per heavy atom. The van der Waals surface area contributed by atoms with Crippen LogP contribution in [0.1, 0.15) is 5.01 Å². The lowest BCUT2D eigenvalue weighted by molar-refractivity contribution is 0.536. The smallest absolute Gasteiger partial charge is 0.105 e. The summed E-state index contributed by atoms with van der Waals surface area (Å²) < 4.78 is 21.8. The quantitative estimate of drug-likeness (QED) is 0.618. The van der Waals surface area contributed by atoms with Crippen molar-refractivity contribution in [3.8, 4) is 0 Å². The van der Waals surface area contributed by atoms with Crippen LogP contribution in [-0.4, -0.2) is 13.7 Å². The van der Waals surface area contributed by atoms with Crippen LogP contribution in [0.15, 0.2) is 18.2 Å². The second-order valence-corrected chi connectivity index (χ2v) is 4.79. The molecule has 0 bridgehead atoms. The number of nitrogen functional groups attached to an aromatic ring is 1. The molecule has 2 aromatic rings. The van der Waals surface area contributed by atoms with Crippen LogP contribution in [0.25, 0.3) is 10.2 Å². The fourth-order valence-corrected chi connectivity index (χ4v) is 2.75. The topological polar surface area (TPSA) is 79.0 Å². The number of aromatic nitrogens is 1. The Balaban J connectivity index is 2.46. The Morgan fingerprint density at radius 2 is 2.36 bits per heavy atom. The maximum atomic E-state index is 10.5. The zero-order chi connectivity index (χ0) is 10.1. The molecular formula is C8H7N2O2S2-. The Bertz CT molecular complexity index is 495. The van der Waals surface area contributed by atoms with Crippen LogP contribution in [0.3, 0.4) is 0 Å². The molecule has 1 aromatic heterocycles. The molecule has 0 aliphatic rings. The van der Waals surface area contributed by atoms with Crippen molar-refractivity contribution >= 4 is 38.3 Å². The van der Waals surface area contributed by atoms with Crippen molar-refractivity contribution in [2.24, 2.45) is 0 Å². The van der Waals surface area contributed by atoms with E-state index in [9.17, 15) is 8.76 Å². The van der Waals surface area contributed by atoms with Gasteiger partial charge in [0.15, 0.2) is 0 Å². The molecule has 0 spiro atoms. The highest BCUT2D eigenvalue weighted by molar-refractivity contribution is 7.78. The van der Waals surface area contributed by atoms with Gasteiger partial charge in [0.25, 0.3) is 0 Å². The summed E-state index contributed by atoms with van der Waals surface area (Å²) in [4.78, 5) is 4.16. The molecule has 0 aliphatic heterocycles. The van der Waals surface area contributed by atoms with Gasteiger partial charge in [-0.05, 0) is 29.3 Å². The first-order valence-electron chi connectivity index (χ1n) is 3.86. The van der Waals surface area contributed by atoms with Crippen molar-refractivity contribution in [2.75, 3.05) is 5.73 Å². The van der Waals surface area contributed by atoms with Gasteiger partial charge in [0, 0.05) is 5.69 Å². The van der Waals surface area contributed by atoms with Crippen LogP contribution < -0.4 is 5.73 Å². The van der Waals surface area contributed by atoms with Crippen LogP contribution in [0.2, 0.25) is 0 Å². The van der Waals surface area contributed by atoms with Gasteiger partial charge in [0.2, 0.25) is 0 Å². The number of hydrogen-bond acceptors (Lipinski definition) is 5. The summed E-state index contributed by atoms with van der Waals surface area (Å²) in [6, 6.07) is 5.34. The van der Waals surface area contributed by atoms with Gasteiger partial charge >= 0.3 is 0 Å². The van der Waals surface area contributed by atoms with Crippen LogP contribution in [0.5, 0.6) is 0 Å². The number of fused-ring (bicyclic) bond motifs is 1. The van der Waals surface area contributed by atoms with E-state index in [0.717, 1.165) is 10.2 Å². The maximum absolute atomic E-state index is 10.5. The molecule has 74 valence electrons. The van der Waals surface area contributed by atoms with Gasteiger partial charge < -0.3 is 10.3 Å². The monoisotopic (exact) mass is 227 g/mol. The number of benzene rings is 1. The summed E-state index contributed by atoms with van der Waals surface area (Å²) in [5, 5.41) is 0.596. The van der Waals surface area contributed by atoms with Gasteiger partial charge in [-0.1, -0.05) is 0 Å². The Morgan fingerprint density at radius 3 is 3.07 bits per heavy atom. The molecule has 0 amide bonds. The van der Waals surface area contributed by atoms with Gasteiger partial charge in [-0.25, -0.2) is 4.98 Å². The zero-order valence-electron chi connectivity index (χ0n) is 7.10. The second kappa shape index (κ2) is 3.64. The van der Waals surface area contributed by atoms with Crippen molar-refractivity contribution in [3.63, 3.8) is 0 Å². The minimum Gasteiger partial charge on any atom is -0.772 e.